The monoisotopic (exact) mass is 388 g/mol. The van der Waals surface area contributed by atoms with Crippen LogP contribution in [0.2, 0.25) is 0 Å². The molecule has 0 spiro atoms. The molecule has 0 saturated carbocycles. The van der Waals surface area contributed by atoms with Crippen molar-refractivity contribution in [3.05, 3.63) is 95.6 Å². The first-order chi connectivity index (χ1) is 14.0. The minimum absolute atomic E-state index is 0.0745. The van der Waals surface area contributed by atoms with Gasteiger partial charge in [-0.2, -0.15) is 0 Å². The van der Waals surface area contributed by atoms with Crippen LogP contribution in [-0.2, 0) is 6.54 Å². The first kappa shape index (κ1) is 20.1. The molecule has 5 heteroatoms. The molecular weight excluding hydrogens is 364 g/mol. The van der Waals surface area contributed by atoms with Gasteiger partial charge in [-0.15, -0.1) is 0 Å². The van der Waals surface area contributed by atoms with Crippen molar-refractivity contribution in [2.45, 2.75) is 26.5 Å². The summed E-state index contributed by atoms with van der Waals surface area (Å²) in [7, 11) is 0. The van der Waals surface area contributed by atoms with E-state index < -0.39 is 0 Å². The molecule has 3 aromatic rings. The summed E-state index contributed by atoms with van der Waals surface area (Å²) in [4.78, 5) is 24.9. The summed E-state index contributed by atoms with van der Waals surface area (Å²) in [5.41, 5.74) is 2.58. The largest absolute Gasteiger partial charge is 0.491 e. The van der Waals surface area contributed by atoms with Crippen molar-refractivity contribution in [2.75, 3.05) is 5.32 Å². The van der Waals surface area contributed by atoms with Crippen LogP contribution in [0, 0.1) is 0 Å². The molecular formula is C24H24N2O3. The highest BCUT2D eigenvalue weighted by molar-refractivity contribution is 6.05. The van der Waals surface area contributed by atoms with E-state index in [1.54, 1.807) is 48.5 Å². The molecule has 0 fully saturated rings. The van der Waals surface area contributed by atoms with E-state index in [0.29, 0.717) is 29.1 Å². The number of carbonyl (C=O) groups is 2. The second-order valence-corrected chi connectivity index (χ2v) is 6.89. The quantitative estimate of drug-likeness (QED) is 0.619. The molecule has 0 unspecified atom stereocenters. The molecule has 148 valence electrons. The summed E-state index contributed by atoms with van der Waals surface area (Å²) in [5.74, 6) is 0.275. The number of hydrogen-bond acceptors (Lipinski definition) is 3. The van der Waals surface area contributed by atoms with E-state index in [1.165, 1.54) is 0 Å². The number of benzene rings is 3. The van der Waals surface area contributed by atoms with Gasteiger partial charge in [0.2, 0.25) is 0 Å². The molecule has 2 N–H and O–H groups in total. The Morgan fingerprint density at radius 1 is 0.828 bits per heavy atom. The lowest BCUT2D eigenvalue weighted by atomic mass is 10.1. The van der Waals surface area contributed by atoms with E-state index in [0.717, 1.165) is 5.56 Å². The zero-order valence-corrected chi connectivity index (χ0v) is 16.5. The van der Waals surface area contributed by atoms with Crippen molar-refractivity contribution < 1.29 is 14.3 Å². The van der Waals surface area contributed by atoms with Crippen LogP contribution in [0.4, 0.5) is 5.69 Å². The van der Waals surface area contributed by atoms with Gasteiger partial charge in [0, 0.05) is 23.4 Å². The Balaban J connectivity index is 1.61. The highest BCUT2D eigenvalue weighted by atomic mass is 16.5. The van der Waals surface area contributed by atoms with Crippen LogP contribution in [0.1, 0.15) is 40.1 Å². The van der Waals surface area contributed by atoms with E-state index >= 15 is 0 Å². The minimum Gasteiger partial charge on any atom is -0.491 e. The lowest BCUT2D eigenvalue weighted by Gasteiger charge is -2.11. The molecule has 0 heterocycles. The maximum Gasteiger partial charge on any atom is 0.255 e. The van der Waals surface area contributed by atoms with E-state index in [1.807, 2.05) is 44.2 Å². The van der Waals surface area contributed by atoms with Gasteiger partial charge < -0.3 is 15.4 Å². The molecule has 3 aromatic carbocycles. The summed E-state index contributed by atoms with van der Waals surface area (Å²) in [6.07, 6.45) is 0.0745. The second-order valence-electron chi connectivity index (χ2n) is 6.89. The predicted molar refractivity (Wildman–Crippen MR) is 114 cm³/mol. The van der Waals surface area contributed by atoms with Gasteiger partial charge in [0.25, 0.3) is 11.8 Å². The summed E-state index contributed by atoms with van der Waals surface area (Å²) in [5, 5.41) is 5.71. The lowest BCUT2D eigenvalue weighted by molar-refractivity contribution is 0.0949. The Morgan fingerprint density at radius 3 is 2.24 bits per heavy atom. The van der Waals surface area contributed by atoms with Gasteiger partial charge in [0.15, 0.2) is 0 Å². The van der Waals surface area contributed by atoms with Crippen molar-refractivity contribution in [2.24, 2.45) is 0 Å². The third-order valence-electron chi connectivity index (χ3n) is 4.17. The van der Waals surface area contributed by atoms with E-state index in [9.17, 15) is 9.59 Å². The third kappa shape index (κ3) is 5.94. The third-order valence-corrected chi connectivity index (χ3v) is 4.17. The second kappa shape index (κ2) is 9.55. The first-order valence-electron chi connectivity index (χ1n) is 9.51. The van der Waals surface area contributed by atoms with Crippen LogP contribution in [0.3, 0.4) is 0 Å². The number of hydrogen-bond donors (Lipinski definition) is 2. The molecule has 2 amide bonds. The van der Waals surface area contributed by atoms with Crippen molar-refractivity contribution in [1.29, 1.82) is 0 Å². The molecule has 0 aromatic heterocycles. The standard InChI is InChI=1S/C24H24N2O3/c1-17(2)29-22-13-11-19(12-14-22)24(28)26-21-10-6-9-20(15-21)23(27)25-16-18-7-4-3-5-8-18/h3-15,17H,16H2,1-2H3,(H,25,27)(H,26,28). The average Bonchev–Trinajstić information content (AvgIpc) is 2.73. The van der Waals surface area contributed by atoms with Crippen LogP contribution >= 0.6 is 0 Å². The zero-order chi connectivity index (χ0) is 20.6. The maximum atomic E-state index is 12.5. The van der Waals surface area contributed by atoms with Crippen LogP contribution in [-0.4, -0.2) is 17.9 Å². The van der Waals surface area contributed by atoms with Crippen molar-refractivity contribution >= 4 is 17.5 Å². The van der Waals surface area contributed by atoms with Crippen molar-refractivity contribution in [3.8, 4) is 5.75 Å². The number of rotatable bonds is 7. The summed E-state index contributed by atoms with van der Waals surface area (Å²) >= 11 is 0. The fraction of sp³-hybridized carbons (Fsp3) is 0.167. The summed E-state index contributed by atoms with van der Waals surface area (Å²) < 4.78 is 5.59. The summed E-state index contributed by atoms with van der Waals surface area (Å²) in [6.45, 7) is 4.34. The lowest BCUT2D eigenvalue weighted by Crippen LogP contribution is -2.23. The van der Waals surface area contributed by atoms with Crippen molar-refractivity contribution in [3.63, 3.8) is 0 Å². The molecule has 0 aliphatic heterocycles. The average molecular weight is 388 g/mol. The smallest absolute Gasteiger partial charge is 0.255 e. The topological polar surface area (TPSA) is 67.4 Å². The maximum absolute atomic E-state index is 12.5. The van der Waals surface area contributed by atoms with Crippen LogP contribution in [0.25, 0.3) is 0 Å². The van der Waals surface area contributed by atoms with Gasteiger partial charge in [-0.25, -0.2) is 0 Å². The van der Waals surface area contributed by atoms with Gasteiger partial charge in [-0.3, -0.25) is 9.59 Å². The fourth-order valence-corrected chi connectivity index (χ4v) is 2.78. The number of amides is 2. The highest BCUT2D eigenvalue weighted by Gasteiger charge is 2.10. The molecule has 0 atom stereocenters. The van der Waals surface area contributed by atoms with Crippen LogP contribution < -0.4 is 15.4 Å². The SMILES string of the molecule is CC(C)Oc1ccc(C(=O)Nc2cccc(C(=O)NCc3ccccc3)c2)cc1. The Hall–Kier alpha value is -3.60. The van der Waals surface area contributed by atoms with Gasteiger partial charge in [0.1, 0.15) is 5.75 Å². The number of ether oxygens (including phenoxy) is 1. The normalized spacial score (nSPS) is 10.4. The molecule has 0 radical (unpaired) electrons. The Morgan fingerprint density at radius 2 is 1.55 bits per heavy atom. The first-order valence-corrected chi connectivity index (χ1v) is 9.51. The zero-order valence-electron chi connectivity index (χ0n) is 16.5. The van der Waals surface area contributed by atoms with E-state index in [2.05, 4.69) is 10.6 Å². The summed E-state index contributed by atoms with van der Waals surface area (Å²) in [6, 6.07) is 23.5. The van der Waals surface area contributed by atoms with Crippen molar-refractivity contribution in [1.82, 2.24) is 5.32 Å². The molecule has 5 nitrogen and oxygen atoms in total. The van der Waals surface area contributed by atoms with Gasteiger partial charge in [-0.1, -0.05) is 36.4 Å². The van der Waals surface area contributed by atoms with Gasteiger partial charge in [0.05, 0.1) is 6.10 Å². The molecule has 29 heavy (non-hydrogen) atoms. The fourth-order valence-electron chi connectivity index (χ4n) is 2.78. The molecule has 0 saturated heterocycles. The number of anilines is 1. The molecule has 0 aliphatic carbocycles. The highest BCUT2D eigenvalue weighted by Crippen LogP contribution is 2.16. The van der Waals surface area contributed by atoms with E-state index in [4.69, 9.17) is 4.74 Å². The molecule has 3 rings (SSSR count). The van der Waals surface area contributed by atoms with E-state index in [-0.39, 0.29) is 17.9 Å². The number of carbonyl (C=O) groups excluding carboxylic acids is 2. The predicted octanol–water partition coefficient (Wildman–Crippen LogP) is 4.66. The molecule has 0 bridgehead atoms. The minimum atomic E-state index is -0.247. The van der Waals surface area contributed by atoms with Gasteiger partial charge in [-0.05, 0) is 61.9 Å². The Labute approximate surface area is 170 Å². The van der Waals surface area contributed by atoms with Gasteiger partial charge >= 0.3 is 0 Å². The Kier molecular flexibility index (Phi) is 6.63. The number of nitrogens with one attached hydrogen (secondary N) is 2. The molecule has 0 aliphatic rings. The van der Waals surface area contributed by atoms with Crippen LogP contribution in [0.15, 0.2) is 78.9 Å². The van der Waals surface area contributed by atoms with Crippen LogP contribution in [0.5, 0.6) is 5.75 Å². The Bertz CT molecular complexity index is 967.